The largest absolute Gasteiger partial charge is 0.349 e. The van der Waals surface area contributed by atoms with Crippen molar-refractivity contribution in [2.24, 2.45) is 5.92 Å². The van der Waals surface area contributed by atoms with Crippen LogP contribution < -0.4 is 5.32 Å². The van der Waals surface area contributed by atoms with Crippen LogP contribution >= 0.6 is 0 Å². The summed E-state index contributed by atoms with van der Waals surface area (Å²) in [4.78, 5) is 20.8. The fourth-order valence-corrected chi connectivity index (χ4v) is 3.46. The molecule has 2 heterocycles. The minimum absolute atomic E-state index is 0.0869. The summed E-state index contributed by atoms with van der Waals surface area (Å²) < 4.78 is 1.54. The Morgan fingerprint density at radius 1 is 1.31 bits per heavy atom. The van der Waals surface area contributed by atoms with Gasteiger partial charge >= 0.3 is 0 Å². The van der Waals surface area contributed by atoms with Crippen molar-refractivity contribution >= 4 is 5.91 Å². The van der Waals surface area contributed by atoms with Gasteiger partial charge in [0.2, 0.25) is 0 Å². The van der Waals surface area contributed by atoms with E-state index in [0.29, 0.717) is 23.2 Å². The normalized spacial score (nSPS) is 19.8. The topological polar surface area (TPSA) is 72.7 Å². The van der Waals surface area contributed by atoms with E-state index in [1.165, 1.54) is 22.1 Å². The fraction of sp³-hybridized carbons (Fsp3) is 0.300. The molecule has 1 saturated carbocycles. The molecule has 0 spiro atoms. The van der Waals surface area contributed by atoms with Gasteiger partial charge in [0.15, 0.2) is 5.82 Å². The van der Waals surface area contributed by atoms with Crippen molar-refractivity contribution in [3.05, 3.63) is 71.9 Å². The highest BCUT2D eigenvalue weighted by molar-refractivity contribution is 5.94. The molecule has 2 aromatic heterocycles. The maximum Gasteiger partial charge on any atom is 0.251 e. The average molecular weight is 347 g/mol. The molecule has 1 aromatic carbocycles. The quantitative estimate of drug-likeness (QED) is 0.770. The van der Waals surface area contributed by atoms with Gasteiger partial charge in [0.05, 0.1) is 0 Å². The lowest BCUT2D eigenvalue weighted by Crippen LogP contribution is -2.34. The molecule has 4 rings (SSSR count). The number of aryl methyl sites for hydroxylation is 1. The predicted molar refractivity (Wildman–Crippen MR) is 98.1 cm³/mol. The van der Waals surface area contributed by atoms with Crippen molar-refractivity contribution in [3.8, 4) is 5.82 Å². The summed E-state index contributed by atoms with van der Waals surface area (Å²) in [6.07, 6.45) is 5.73. The van der Waals surface area contributed by atoms with Crippen LogP contribution in [-0.4, -0.2) is 31.7 Å². The van der Waals surface area contributed by atoms with E-state index in [0.717, 1.165) is 6.42 Å². The lowest BCUT2D eigenvalue weighted by molar-refractivity contribution is 0.0935. The Morgan fingerprint density at radius 3 is 2.96 bits per heavy atom. The summed E-state index contributed by atoms with van der Waals surface area (Å²) in [7, 11) is 0. The third-order valence-corrected chi connectivity index (χ3v) is 4.97. The second-order valence-electron chi connectivity index (χ2n) is 6.93. The first-order valence-corrected chi connectivity index (χ1v) is 8.80. The smallest absolute Gasteiger partial charge is 0.251 e. The van der Waals surface area contributed by atoms with Crippen molar-refractivity contribution in [3.63, 3.8) is 0 Å². The van der Waals surface area contributed by atoms with Crippen molar-refractivity contribution in [2.45, 2.75) is 32.2 Å². The predicted octanol–water partition coefficient (Wildman–Crippen LogP) is 2.89. The Bertz CT molecular complexity index is 921. The Kier molecular flexibility index (Phi) is 4.24. The van der Waals surface area contributed by atoms with Crippen LogP contribution in [0.3, 0.4) is 0 Å². The minimum atomic E-state index is -0.0869. The molecule has 0 saturated heterocycles. The van der Waals surface area contributed by atoms with E-state index < -0.39 is 0 Å². The molecule has 1 aliphatic rings. The summed E-state index contributed by atoms with van der Waals surface area (Å²) in [6.45, 7) is 4.19. The number of amides is 1. The van der Waals surface area contributed by atoms with E-state index in [9.17, 15) is 4.79 Å². The van der Waals surface area contributed by atoms with Crippen LogP contribution in [-0.2, 0) is 0 Å². The summed E-state index contributed by atoms with van der Waals surface area (Å²) in [5.74, 6) is 1.51. The second kappa shape index (κ2) is 6.71. The SMILES string of the molecule is Cc1cccc([C@@H]2C[C@@H]2[C@@H](C)NC(=O)c2ccnc(-n3cncn3)c2)c1. The molecule has 1 N–H and O–H groups in total. The summed E-state index contributed by atoms with van der Waals surface area (Å²) in [5, 5.41) is 7.18. The molecular formula is C20H21N5O. The van der Waals surface area contributed by atoms with E-state index in [-0.39, 0.29) is 11.9 Å². The lowest BCUT2D eigenvalue weighted by Gasteiger charge is -2.14. The van der Waals surface area contributed by atoms with Crippen LogP contribution in [0.25, 0.3) is 5.82 Å². The highest BCUT2D eigenvalue weighted by Crippen LogP contribution is 2.49. The number of aromatic nitrogens is 4. The van der Waals surface area contributed by atoms with Gasteiger partial charge in [-0.25, -0.2) is 14.6 Å². The number of nitrogens with one attached hydrogen (secondary N) is 1. The third-order valence-electron chi connectivity index (χ3n) is 4.97. The van der Waals surface area contributed by atoms with E-state index in [2.05, 4.69) is 58.5 Å². The number of pyridine rings is 1. The number of hydrogen-bond donors (Lipinski definition) is 1. The minimum Gasteiger partial charge on any atom is -0.349 e. The van der Waals surface area contributed by atoms with E-state index in [4.69, 9.17) is 0 Å². The second-order valence-corrected chi connectivity index (χ2v) is 6.93. The number of carbonyl (C=O) groups excluding carboxylic acids is 1. The van der Waals surface area contributed by atoms with Gasteiger partial charge in [0.25, 0.3) is 5.91 Å². The molecule has 0 unspecified atom stereocenters. The maximum atomic E-state index is 12.6. The molecule has 0 aliphatic heterocycles. The van der Waals surface area contributed by atoms with Gasteiger partial charge in [-0.05, 0) is 49.8 Å². The molecule has 132 valence electrons. The van der Waals surface area contributed by atoms with Gasteiger partial charge in [-0.15, -0.1) is 0 Å². The van der Waals surface area contributed by atoms with Gasteiger partial charge in [0.1, 0.15) is 12.7 Å². The van der Waals surface area contributed by atoms with Crippen molar-refractivity contribution in [1.82, 2.24) is 25.1 Å². The standard InChI is InChI=1S/C20H21N5O/c1-13-4-3-5-15(8-13)18-10-17(18)14(2)24-20(26)16-6-7-22-19(9-16)25-12-21-11-23-25/h3-9,11-12,14,17-18H,10H2,1-2H3,(H,24,26)/t14-,17-,18+/m1/s1. The van der Waals surface area contributed by atoms with Crippen LogP contribution in [0.2, 0.25) is 0 Å². The first kappa shape index (κ1) is 16.4. The van der Waals surface area contributed by atoms with Crippen LogP contribution in [0, 0.1) is 12.8 Å². The lowest BCUT2D eigenvalue weighted by atomic mass is 10.0. The Morgan fingerprint density at radius 2 is 2.19 bits per heavy atom. The molecule has 0 radical (unpaired) electrons. The number of benzene rings is 1. The monoisotopic (exact) mass is 347 g/mol. The molecule has 26 heavy (non-hydrogen) atoms. The zero-order chi connectivity index (χ0) is 18.1. The van der Waals surface area contributed by atoms with Crippen LogP contribution in [0.5, 0.6) is 0 Å². The fourth-order valence-electron chi connectivity index (χ4n) is 3.46. The Hall–Kier alpha value is -3.02. The van der Waals surface area contributed by atoms with Gasteiger partial charge in [-0.3, -0.25) is 4.79 Å². The van der Waals surface area contributed by atoms with Crippen molar-refractivity contribution in [1.29, 1.82) is 0 Å². The first-order valence-electron chi connectivity index (χ1n) is 8.80. The van der Waals surface area contributed by atoms with Crippen LogP contribution in [0.4, 0.5) is 0 Å². The Labute approximate surface area is 152 Å². The first-order chi connectivity index (χ1) is 12.6. The molecule has 1 aliphatic carbocycles. The molecule has 6 nitrogen and oxygen atoms in total. The van der Waals surface area contributed by atoms with E-state index in [1.807, 2.05) is 0 Å². The molecule has 6 heteroatoms. The number of rotatable bonds is 5. The van der Waals surface area contributed by atoms with Crippen LogP contribution in [0.15, 0.2) is 55.2 Å². The van der Waals surface area contributed by atoms with Crippen molar-refractivity contribution < 1.29 is 4.79 Å². The van der Waals surface area contributed by atoms with Gasteiger partial charge in [-0.1, -0.05) is 29.8 Å². The average Bonchev–Trinajstić information content (AvgIpc) is 3.27. The zero-order valence-corrected chi connectivity index (χ0v) is 14.8. The van der Waals surface area contributed by atoms with E-state index in [1.54, 1.807) is 24.7 Å². The van der Waals surface area contributed by atoms with Gasteiger partial charge < -0.3 is 5.32 Å². The summed E-state index contributed by atoms with van der Waals surface area (Å²) in [5.41, 5.74) is 3.22. The Balaban J connectivity index is 1.42. The summed E-state index contributed by atoms with van der Waals surface area (Å²) >= 11 is 0. The number of carbonyl (C=O) groups is 1. The maximum absolute atomic E-state index is 12.6. The zero-order valence-electron chi connectivity index (χ0n) is 14.8. The van der Waals surface area contributed by atoms with Crippen LogP contribution in [0.1, 0.15) is 40.7 Å². The molecule has 3 aromatic rings. The molecular weight excluding hydrogens is 326 g/mol. The van der Waals surface area contributed by atoms with Crippen molar-refractivity contribution in [2.75, 3.05) is 0 Å². The number of nitrogens with zero attached hydrogens (tertiary/aromatic N) is 4. The highest BCUT2D eigenvalue weighted by Gasteiger charge is 2.42. The number of hydrogen-bond acceptors (Lipinski definition) is 4. The van der Waals surface area contributed by atoms with Gasteiger partial charge in [-0.2, -0.15) is 5.10 Å². The molecule has 3 atom stereocenters. The third kappa shape index (κ3) is 3.35. The van der Waals surface area contributed by atoms with E-state index >= 15 is 0 Å². The van der Waals surface area contributed by atoms with Gasteiger partial charge in [0, 0.05) is 17.8 Å². The molecule has 1 fully saturated rings. The highest BCUT2D eigenvalue weighted by atomic mass is 16.1. The molecule has 0 bridgehead atoms. The molecule has 1 amide bonds. The summed E-state index contributed by atoms with van der Waals surface area (Å²) in [6, 6.07) is 12.2.